The van der Waals surface area contributed by atoms with E-state index in [9.17, 15) is 18.0 Å². The Morgan fingerprint density at radius 1 is 1.20 bits per heavy atom. The van der Waals surface area contributed by atoms with Crippen molar-refractivity contribution in [3.63, 3.8) is 0 Å². The zero-order valence-electron chi connectivity index (χ0n) is 11.1. The molecule has 1 aromatic rings. The number of benzene rings is 1. The van der Waals surface area contributed by atoms with Gasteiger partial charge >= 0.3 is 6.03 Å². The van der Waals surface area contributed by atoms with Gasteiger partial charge in [-0.1, -0.05) is 0 Å². The minimum absolute atomic E-state index is 0.140. The van der Waals surface area contributed by atoms with Gasteiger partial charge in [-0.05, 0) is 26.0 Å². The number of urea groups is 1. The molecule has 0 bridgehead atoms. The summed E-state index contributed by atoms with van der Waals surface area (Å²) in [4.78, 5) is 13.4. The first-order chi connectivity index (χ1) is 9.38. The molecule has 1 fully saturated rings. The molecular weight excluding hydrogens is 273 g/mol. The highest BCUT2D eigenvalue weighted by molar-refractivity contribution is 5.89. The number of carbonyl (C=O) groups is 1. The second kappa shape index (κ2) is 5.70. The van der Waals surface area contributed by atoms with Gasteiger partial charge in [-0.15, -0.1) is 0 Å². The molecule has 2 amide bonds. The molecule has 4 nitrogen and oxygen atoms in total. The van der Waals surface area contributed by atoms with E-state index in [1.807, 2.05) is 13.8 Å². The van der Waals surface area contributed by atoms with Gasteiger partial charge in [0.05, 0.1) is 17.9 Å². The number of amides is 2. The Morgan fingerprint density at radius 3 is 2.40 bits per heavy atom. The van der Waals surface area contributed by atoms with Crippen molar-refractivity contribution in [3.05, 3.63) is 29.6 Å². The smallest absolute Gasteiger partial charge is 0.322 e. The fourth-order valence-electron chi connectivity index (χ4n) is 2.16. The number of carbonyl (C=O) groups excluding carboxylic acids is 1. The van der Waals surface area contributed by atoms with Crippen LogP contribution in [0.2, 0.25) is 0 Å². The molecule has 0 aliphatic carbocycles. The molecular formula is C13H15F3N2O2. The number of halogens is 3. The molecule has 2 rings (SSSR count). The molecule has 7 heteroatoms. The monoisotopic (exact) mass is 288 g/mol. The Balaban J connectivity index is 2.10. The number of anilines is 1. The average molecular weight is 288 g/mol. The normalized spacial score (nSPS) is 22.8. The fourth-order valence-corrected chi connectivity index (χ4v) is 2.16. The first kappa shape index (κ1) is 14.6. The summed E-state index contributed by atoms with van der Waals surface area (Å²) in [5, 5.41) is 2.24. The van der Waals surface area contributed by atoms with Crippen molar-refractivity contribution in [2.24, 2.45) is 0 Å². The Bertz CT molecular complexity index is 515. The predicted molar refractivity (Wildman–Crippen MR) is 66.9 cm³/mol. The van der Waals surface area contributed by atoms with Crippen LogP contribution in [0.5, 0.6) is 0 Å². The van der Waals surface area contributed by atoms with Gasteiger partial charge < -0.3 is 15.0 Å². The predicted octanol–water partition coefficient (Wildman–Crippen LogP) is 2.75. The van der Waals surface area contributed by atoms with Crippen LogP contribution < -0.4 is 5.32 Å². The summed E-state index contributed by atoms with van der Waals surface area (Å²) in [6, 6.07) is 1.18. The van der Waals surface area contributed by atoms with E-state index < -0.39 is 23.5 Å². The van der Waals surface area contributed by atoms with Crippen molar-refractivity contribution in [3.8, 4) is 0 Å². The van der Waals surface area contributed by atoms with Crippen molar-refractivity contribution < 1.29 is 22.7 Å². The Hall–Kier alpha value is -1.76. The third kappa shape index (κ3) is 3.04. The van der Waals surface area contributed by atoms with Crippen LogP contribution in [0.3, 0.4) is 0 Å². The Kier molecular flexibility index (Phi) is 4.17. The molecule has 20 heavy (non-hydrogen) atoms. The van der Waals surface area contributed by atoms with E-state index in [-0.39, 0.29) is 17.9 Å². The van der Waals surface area contributed by atoms with Gasteiger partial charge in [0.15, 0.2) is 17.5 Å². The molecule has 0 aromatic heterocycles. The zero-order valence-corrected chi connectivity index (χ0v) is 11.1. The van der Waals surface area contributed by atoms with Crippen molar-refractivity contribution >= 4 is 11.7 Å². The number of hydrogen-bond donors (Lipinski definition) is 1. The molecule has 1 heterocycles. The van der Waals surface area contributed by atoms with Crippen molar-refractivity contribution in [1.82, 2.24) is 4.90 Å². The molecule has 0 saturated carbocycles. The minimum atomic E-state index is -1.61. The molecule has 1 aliphatic heterocycles. The third-order valence-electron chi connectivity index (χ3n) is 2.98. The van der Waals surface area contributed by atoms with Gasteiger partial charge in [-0.25, -0.2) is 18.0 Å². The van der Waals surface area contributed by atoms with Crippen LogP contribution in [0.15, 0.2) is 12.1 Å². The lowest BCUT2D eigenvalue weighted by molar-refractivity contribution is -0.0530. The maximum Gasteiger partial charge on any atom is 0.322 e. The standard InChI is InChI=1S/C13H15F3N2O2/c1-7-5-18(6-8(2)20-7)13(19)17-10-4-3-9(14)11(15)12(10)16/h3-4,7-8H,5-6H2,1-2H3,(H,17,19). The van der Waals surface area contributed by atoms with Gasteiger partial charge in [0.1, 0.15) is 0 Å². The number of hydrogen-bond acceptors (Lipinski definition) is 2. The lowest BCUT2D eigenvalue weighted by Gasteiger charge is -2.35. The first-order valence-corrected chi connectivity index (χ1v) is 6.23. The topological polar surface area (TPSA) is 41.6 Å². The molecule has 0 spiro atoms. The molecule has 1 N–H and O–H groups in total. The van der Waals surface area contributed by atoms with Gasteiger partial charge in [0.2, 0.25) is 0 Å². The van der Waals surface area contributed by atoms with Crippen LogP contribution in [-0.2, 0) is 4.74 Å². The lowest BCUT2D eigenvalue weighted by Crippen LogP contribution is -2.49. The van der Waals surface area contributed by atoms with Crippen LogP contribution >= 0.6 is 0 Å². The number of rotatable bonds is 1. The molecule has 1 saturated heterocycles. The molecule has 0 radical (unpaired) electrons. The van der Waals surface area contributed by atoms with E-state index in [1.165, 1.54) is 4.90 Å². The second-order valence-corrected chi connectivity index (χ2v) is 4.82. The second-order valence-electron chi connectivity index (χ2n) is 4.82. The SMILES string of the molecule is CC1CN(C(=O)Nc2ccc(F)c(F)c2F)CC(C)O1. The molecule has 2 unspecified atom stereocenters. The Morgan fingerprint density at radius 2 is 1.80 bits per heavy atom. The first-order valence-electron chi connectivity index (χ1n) is 6.23. The van der Waals surface area contributed by atoms with E-state index in [2.05, 4.69) is 5.32 Å². The van der Waals surface area contributed by atoms with Crippen LogP contribution in [0, 0.1) is 17.5 Å². The molecule has 1 aromatic carbocycles. The summed E-state index contributed by atoms with van der Waals surface area (Å²) in [5.41, 5.74) is -0.388. The van der Waals surface area contributed by atoms with Crippen LogP contribution in [0.1, 0.15) is 13.8 Å². The summed E-state index contributed by atoms with van der Waals surface area (Å²) in [6.07, 6.45) is -0.279. The number of nitrogens with zero attached hydrogens (tertiary/aromatic N) is 1. The summed E-state index contributed by atoms with van der Waals surface area (Å²) < 4.78 is 44.8. The highest BCUT2D eigenvalue weighted by Gasteiger charge is 2.26. The van der Waals surface area contributed by atoms with Crippen molar-refractivity contribution in [2.45, 2.75) is 26.1 Å². The van der Waals surface area contributed by atoms with E-state index in [4.69, 9.17) is 4.74 Å². The number of nitrogens with one attached hydrogen (secondary N) is 1. The van der Waals surface area contributed by atoms with Crippen LogP contribution in [0.25, 0.3) is 0 Å². The van der Waals surface area contributed by atoms with Crippen LogP contribution in [-0.4, -0.2) is 36.2 Å². The van der Waals surface area contributed by atoms with Gasteiger partial charge in [-0.3, -0.25) is 0 Å². The maximum absolute atomic E-state index is 13.5. The highest BCUT2D eigenvalue weighted by Crippen LogP contribution is 2.20. The van der Waals surface area contributed by atoms with E-state index in [0.717, 1.165) is 12.1 Å². The summed E-state index contributed by atoms with van der Waals surface area (Å²) in [7, 11) is 0. The summed E-state index contributed by atoms with van der Waals surface area (Å²) in [6.45, 7) is 4.32. The largest absolute Gasteiger partial charge is 0.372 e. The quantitative estimate of drug-likeness (QED) is 0.807. The van der Waals surface area contributed by atoms with Gasteiger partial charge in [0, 0.05) is 13.1 Å². The van der Waals surface area contributed by atoms with Crippen molar-refractivity contribution in [2.75, 3.05) is 18.4 Å². The third-order valence-corrected chi connectivity index (χ3v) is 2.98. The van der Waals surface area contributed by atoms with Crippen LogP contribution in [0.4, 0.5) is 23.7 Å². The van der Waals surface area contributed by atoms with E-state index in [1.54, 1.807) is 0 Å². The van der Waals surface area contributed by atoms with Gasteiger partial charge in [0.25, 0.3) is 0 Å². The summed E-state index contributed by atoms with van der Waals surface area (Å²) >= 11 is 0. The maximum atomic E-state index is 13.5. The fraction of sp³-hybridized carbons (Fsp3) is 0.462. The molecule has 110 valence electrons. The van der Waals surface area contributed by atoms with E-state index >= 15 is 0 Å². The number of morpholine rings is 1. The number of ether oxygens (including phenoxy) is 1. The highest BCUT2D eigenvalue weighted by atomic mass is 19.2. The zero-order chi connectivity index (χ0) is 14.9. The van der Waals surface area contributed by atoms with Crippen molar-refractivity contribution in [1.29, 1.82) is 0 Å². The van der Waals surface area contributed by atoms with E-state index in [0.29, 0.717) is 13.1 Å². The molecule has 2 atom stereocenters. The lowest BCUT2D eigenvalue weighted by atomic mass is 10.2. The van der Waals surface area contributed by atoms with Gasteiger partial charge in [-0.2, -0.15) is 0 Å². The summed E-state index contributed by atoms with van der Waals surface area (Å²) in [5.74, 6) is -4.31. The Labute approximate surface area is 114 Å². The molecule has 1 aliphatic rings. The minimum Gasteiger partial charge on any atom is -0.372 e. The average Bonchev–Trinajstić information content (AvgIpc) is 2.38.